The molecule has 1 aliphatic rings. The minimum Gasteiger partial charge on any atom is -0.384 e. The predicted molar refractivity (Wildman–Crippen MR) is 94.3 cm³/mol. The number of aromatic nitrogens is 2. The Labute approximate surface area is 153 Å². The van der Waals surface area contributed by atoms with E-state index in [1.807, 2.05) is 35.2 Å². The molecule has 2 aromatic rings. The number of carbonyl (C=O) groups is 1. The van der Waals surface area contributed by atoms with Crippen molar-refractivity contribution in [2.45, 2.75) is 38.4 Å². The lowest BCUT2D eigenvalue weighted by Gasteiger charge is -2.30. The number of rotatable bonds is 8. The molecule has 7 nitrogen and oxygen atoms in total. The molecule has 1 saturated heterocycles. The molecule has 0 spiro atoms. The molecule has 0 N–H and O–H groups in total. The molecule has 0 atom stereocenters. The van der Waals surface area contributed by atoms with Crippen LogP contribution in [0.3, 0.4) is 0 Å². The van der Waals surface area contributed by atoms with Gasteiger partial charge >= 0.3 is 0 Å². The highest BCUT2D eigenvalue weighted by Crippen LogP contribution is 2.26. The van der Waals surface area contributed by atoms with E-state index in [-0.39, 0.29) is 11.8 Å². The quantitative estimate of drug-likeness (QED) is 0.721. The van der Waals surface area contributed by atoms with Crippen LogP contribution in [0, 0.1) is 0 Å². The van der Waals surface area contributed by atoms with Crippen LogP contribution in [0.15, 0.2) is 34.9 Å². The number of hydrogen-bond acceptors (Lipinski definition) is 6. The van der Waals surface area contributed by atoms with Gasteiger partial charge in [-0.15, -0.1) is 0 Å². The van der Waals surface area contributed by atoms with Crippen molar-refractivity contribution in [3.05, 3.63) is 47.6 Å². The van der Waals surface area contributed by atoms with E-state index in [4.69, 9.17) is 14.0 Å². The van der Waals surface area contributed by atoms with Crippen LogP contribution < -0.4 is 0 Å². The van der Waals surface area contributed by atoms with E-state index in [9.17, 15) is 4.79 Å². The van der Waals surface area contributed by atoms with Crippen LogP contribution in [0.1, 0.15) is 42.5 Å². The van der Waals surface area contributed by atoms with Crippen LogP contribution in [-0.2, 0) is 27.5 Å². The molecule has 3 rings (SSSR count). The van der Waals surface area contributed by atoms with Crippen molar-refractivity contribution in [1.82, 2.24) is 15.0 Å². The number of ether oxygens (including phenoxy) is 2. The van der Waals surface area contributed by atoms with E-state index in [0.29, 0.717) is 38.0 Å². The van der Waals surface area contributed by atoms with Gasteiger partial charge in [0, 0.05) is 26.1 Å². The summed E-state index contributed by atoms with van der Waals surface area (Å²) < 4.78 is 15.9. The largest absolute Gasteiger partial charge is 0.384 e. The second-order valence-electron chi connectivity index (χ2n) is 6.42. The number of benzene rings is 1. The number of amides is 1. The van der Waals surface area contributed by atoms with Gasteiger partial charge in [-0.1, -0.05) is 35.5 Å². The molecule has 0 aliphatic carbocycles. The Morgan fingerprint density at radius 1 is 1.23 bits per heavy atom. The summed E-state index contributed by atoms with van der Waals surface area (Å²) in [6.45, 7) is 2.73. The Morgan fingerprint density at radius 2 is 2.00 bits per heavy atom. The molecule has 26 heavy (non-hydrogen) atoms. The van der Waals surface area contributed by atoms with Crippen LogP contribution in [0.25, 0.3) is 0 Å². The topological polar surface area (TPSA) is 77.7 Å². The molecule has 0 unspecified atom stereocenters. The van der Waals surface area contributed by atoms with Crippen molar-refractivity contribution in [2.24, 2.45) is 0 Å². The first kappa shape index (κ1) is 18.5. The highest BCUT2D eigenvalue weighted by Gasteiger charge is 2.26. The molecule has 1 aliphatic heterocycles. The summed E-state index contributed by atoms with van der Waals surface area (Å²) >= 11 is 0. The maximum atomic E-state index is 12.0. The average Bonchev–Trinajstić information content (AvgIpc) is 3.16. The monoisotopic (exact) mass is 359 g/mol. The van der Waals surface area contributed by atoms with Gasteiger partial charge in [0.2, 0.25) is 5.91 Å². The van der Waals surface area contributed by atoms with E-state index in [1.165, 1.54) is 0 Å². The number of carbonyl (C=O) groups excluding carboxylic acids is 1. The van der Waals surface area contributed by atoms with E-state index in [0.717, 1.165) is 31.5 Å². The third-order valence-electron chi connectivity index (χ3n) is 4.55. The van der Waals surface area contributed by atoms with Gasteiger partial charge in [-0.05, 0) is 18.4 Å². The molecule has 0 radical (unpaired) electrons. The van der Waals surface area contributed by atoms with E-state index in [2.05, 4.69) is 10.1 Å². The summed E-state index contributed by atoms with van der Waals surface area (Å²) in [5.41, 5.74) is 1.11. The van der Waals surface area contributed by atoms with Gasteiger partial charge in [-0.2, -0.15) is 4.98 Å². The zero-order valence-electron chi connectivity index (χ0n) is 15.1. The van der Waals surface area contributed by atoms with Crippen LogP contribution in [0.4, 0.5) is 0 Å². The van der Waals surface area contributed by atoms with Crippen molar-refractivity contribution >= 4 is 5.91 Å². The number of methoxy groups -OCH3 is 1. The first-order chi connectivity index (χ1) is 12.8. The highest BCUT2D eigenvalue weighted by atomic mass is 16.5. The first-order valence-electron chi connectivity index (χ1n) is 8.97. The smallest absolute Gasteiger partial charge is 0.252 e. The first-order valence-corrected chi connectivity index (χ1v) is 8.97. The van der Waals surface area contributed by atoms with Crippen molar-refractivity contribution in [1.29, 1.82) is 0 Å². The lowest BCUT2D eigenvalue weighted by molar-refractivity contribution is -0.133. The number of piperidine rings is 1. The zero-order valence-corrected chi connectivity index (χ0v) is 15.1. The maximum absolute atomic E-state index is 12.0. The van der Waals surface area contributed by atoms with Crippen molar-refractivity contribution < 1.29 is 18.8 Å². The fraction of sp³-hybridized carbons (Fsp3) is 0.526. The number of nitrogens with zero attached hydrogens (tertiary/aromatic N) is 3. The normalized spacial score (nSPS) is 15.3. The maximum Gasteiger partial charge on any atom is 0.252 e. The molecule has 1 fully saturated rings. The number of likely N-dealkylation sites (tertiary alicyclic amines) is 1. The summed E-state index contributed by atoms with van der Waals surface area (Å²) in [6, 6.07) is 9.97. The lowest BCUT2D eigenvalue weighted by Crippen LogP contribution is -2.38. The molecule has 1 aromatic heterocycles. The van der Waals surface area contributed by atoms with E-state index >= 15 is 0 Å². The molecule has 0 saturated carbocycles. The Bertz CT molecular complexity index is 681. The van der Waals surface area contributed by atoms with E-state index < -0.39 is 0 Å². The average molecular weight is 359 g/mol. The molecule has 7 heteroatoms. The molecule has 0 bridgehead atoms. The fourth-order valence-electron chi connectivity index (χ4n) is 3.06. The molecule has 1 amide bonds. The standard InChI is InChI=1S/C19H25N3O4/c1-24-12-9-18(23)22-10-7-16(8-11-22)19-20-17(26-21-19)14-25-13-15-5-3-2-4-6-15/h2-6,16H,7-14H2,1H3. The Hall–Kier alpha value is -2.25. The van der Waals surface area contributed by atoms with Gasteiger partial charge in [0.25, 0.3) is 5.89 Å². The summed E-state index contributed by atoms with van der Waals surface area (Å²) in [6.07, 6.45) is 2.14. The Kier molecular flexibility index (Phi) is 6.74. The predicted octanol–water partition coefficient (Wildman–Crippen LogP) is 2.53. The van der Waals surface area contributed by atoms with Crippen LogP contribution in [-0.4, -0.2) is 47.8 Å². The highest BCUT2D eigenvalue weighted by molar-refractivity contribution is 5.76. The van der Waals surface area contributed by atoms with Crippen molar-refractivity contribution in [2.75, 3.05) is 26.8 Å². The lowest BCUT2D eigenvalue weighted by atomic mass is 9.96. The van der Waals surface area contributed by atoms with Crippen LogP contribution in [0.5, 0.6) is 0 Å². The molecule has 2 heterocycles. The van der Waals surface area contributed by atoms with Crippen LogP contribution in [0.2, 0.25) is 0 Å². The zero-order chi connectivity index (χ0) is 18.2. The van der Waals surface area contributed by atoms with Crippen molar-refractivity contribution in [3.8, 4) is 0 Å². The van der Waals surface area contributed by atoms with Gasteiger partial charge in [-0.25, -0.2) is 0 Å². The summed E-state index contributed by atoms with van der Waals surface area (Å²) in [4.78, 5) is 18.4. The molecule has 1 aromatic carbocycles. The van der Waals surface area contributed by atoms with Crippen LogP contribution >= 0.6 is 0 Å². The minimum absolute atomic E-state index is 0.147. The number of hydrogen-bond donors (Lipinski definition) is 0. The van der Waals surface area contributed by atoms with Gasteiger partial charge in [-0.3, -0.25) is 4.79 Å². The van der Waals surface area contributed by atoms with Crippen molar-refractivity contribution in [3.63, 3.8) is 0 Å². The summed E-state index contributed by atoms with van der Waals surface area (Å²) in [5.74, 6) is 1.59. The Morgan fingerprint density at radius 3 is 2.73 bits per heavy atom. The van der Waals surface area contributed by atoms with Gasteiger partial charge in [0.1, 0.15) is 6.61 Å². The Balaban J connectivity index is 1.43. The van der Waals surface area contributed by atoms with Gasteiger partial charge in [0.05, 0.1) is 19.6 Å². The third kappa shape index (κ3) is 5.12. The molecular weight excluding hydrogens is 334 g/mol. The van der Waals surface area contributed by atoms with Gasteiger partial charge < -0.3 is 18.9 Å². The second-order valence-corrected chi connectivity index (χ2v) is 6.42. The summed E-state index contributed by atoms with van der Waals surface area (Å²) in [7, 11) is 1.61. The van der Waals surface area contributed by atoms with E-state index in [1.54, 1.807) is 7.11 Å². The molecular formula is C19H25N3O4. The SMILES string of the molecule is COCCC(=O)N1CCC(c2noc(COCc3ccccc3)n2)CC1. The van der Waals surface area contributed by atoms with Gasteiger partial charge in [0.15, 0.2) is 5.82 Å². The minimum atomic E-state index is 0.147. The third-order valence-corrected chi connectivity index (χ3v) is 4.55. The molecule has 140 valence electrons. The fourth-order valence-corrected chi connectivity index (χ4v) is 3.06. The summed E-state index contributed by atoms with van der Waals surface area (Å²) in [5, 5.41) is 4.10. The second kappa shape index (κ2) is 9.45.